The molecule has 0 aromatic heterocycles. The minimum atomic E-state index is -3.93. The molecule has 0 saturated carbocycles. The fourth-order valence-corrected chi connectivity index (χ4v) is 3.42. The topological polar surface area (TPSA) is 72.5 Å². The van der Waals surface area contributed by atoms with Crippen LogP contribution in [0, 0.1) is 24.4 Å². The van der Waals surface area contributed by atoms with Gasteiger partial charge in [-0.05, 0) is 36.8 Å². The number of ether oxygens (including phenoxy) is 1. The molecule has 1 N–H and O–H groups in total. The Morgan fingerprint density at radius 1 is 0.933 bits per heavy atom. The highest BCUT2D eigenvalue weighted by Crippen LogP contribution is 2.34. The van der Waals surface area contributed by atoms with Crippen LogP contribution in [0.1, 0.15) is 15.9 Å². The van der Waals surface area contributed by atoms with E-state index in [1.54, 1.807) is 31.2 Å². The number of carbonyl (C=O) groups is 1. The lowest BCUT2D eigenvalue weighted by Crippen LogP contribution is -2.15. The number of halogens is 3. The Morgan fingerprint density at radius 3 is 2.30 bits per heavy atom. The SMILES string of the molecule is Cc1ccccc1Oc1cc(F)cc(F)c1NC(=O)c1ccc(F)c(S(C)(=O)=O)c1. The Balaban J connectivity index is 1.99. The molecular weight excluding hydrogens is 419 g/mol. The van der Waals surface area contributed by atoms with Crippen molar-refractivity contribution in [3.05, 3.63) is 83.2 Å². The van der Waals surface area contributed by atoms with Gasteiger partial charge in [-0.15, -0.1) is 0 Å². The first-order chi connectivity index (χ1) is 14.1. The molecule has 0 unspecified atom stereocenters. The number of sulfone groups is 1. The van der Waals surface area contributed by atoms with Crippen molar-refractivity contribution in [1.29, 1.82) is 0 Å². The van der Waals surface area contributed by atoms with E-state index in [9.17, 15) is 26.4 Å². The van der Waals surface area contributed by atoms with E-state index >= 15 is 0 Å². The average Bonchev–Trinajstić information content (AvgIpc) is 2.65. The zero-order valence-corrected chi connectivity index (χ0v) is 16.7. The third kappa shape index (κ3) is 4.62. The van der Waals surface area contributed by atoms with E-state index in [4.69, 9.17) is 4.74 Å². The summed E-state index contributed by atoms with van der Waals surface area (Å²) in [7, 11) is -3.93. The lowest BCUT2D eigenvalue weighted by atomic mass is 10.2. The average molecular weight is 435 g/mol. The lowest BCUT2D eigenvalue weighted by molar-refractivity contribution is 0.102. The molecule has 0 spiro atoms. The van der Waals surface area contributed by atoms with Crippen LogP contribution in [-0.2, 0) is 9.84 Å². The van der Waals surface area contributed by atoms with Gasteiger partial charge in [0.15, 0.2) is 21.4 Å². The molecular formula is C21H16F3NO4S. The fourth-order valence-electron chi connectivity index (χ4n) is 2.66. The maximum atomic E-state index is 14.4. The van der Waals surface area contributed by atoms with Gasteiger partial charge in [-0.1, -0.05) is 18.2 Å². The molecule has 0 atom stereocenters. The van der Waals surface area contributed by atoms with E-state index in [0.717, 1.165) is 30.5 Å². The van der Waals surface area contributed by atoms with E-state index < -0.39 is 43.8 Å². The number of hydrogen-bond donors (Lipinski definition) is 1. The predicted octanol–water partition coefficient (Wildman–Crippen LogP) is 4.86. The third-order valence-electron chi connectivity index (χ3n) is 4.16. The van der Waals surface area contributed by atoms with Crippen molar-refractivity contribution in [3.63, 3.8) is 0 Å². The van der Waals surface area contributed by atoms with Crippen LogP contribution in [0.4, 0.5) is 18.9 Å². The summed E-state index contributed by atoms with van der Waals surface area (Å²) < 4.78 is 70.9. The quantitative estimate of drug-likeness (QED) is 0.621. The van der Waals surface area contributed by atoms with E-state index in [2.05, 4.69) is 5.32 Å². The van der Waals surface area contributed by atoms with Gasteiger partial charge in [-0.25, -0.2) is 21.6 Å². The Labute approximate surface area is 171 Å². The van der Waals surface area contributed by atoms with Gasteiger partial charge in [0.1, 0.15) is 28.0 Å². The van der Waals surface area contributed by atoms with E-state index in [-0.39, 0.29) is 11.3 Å². The Kier molecular flexibility index (Phi) is 5.84. The second-order valence-corrected chi connectivity index (χ2v) is 8.48. The number of anilines is 1. The smallest absolute Gasteiger partial charge is 0.255 e. The van der Waals surface area contributed by atoms with Gasteiger partial charge < -0.3 is 10.1 Å². The Hall–Kier alpha value is -3.33. The van der Waals surface area contributed by atoms with Gasteiger partial charge in [0, 0.05) is 24.0 Å². The van der Waals surface area contributed by atoms with Gasteiger partial charge in [0.2, 0.25) is 0 Å². The van der Waals surface area contributed by atoms with E-state index in [1.165, 1.54) is 0 Å². The molecule has 5 nitrogen and oxygen atoms in total. The van der Waals surface area contributed by atoms with Crippen molar-refractivity contribution < 1.29 is 31.1 Å². The van der Waals surface area contributed by atoms with Gasteiger partial charge in [0.25, 0.3) is 5.91 Å². The number of benzene rings is 3. The molecule has 0 radical (unpaired) electrons. The van der Waals surface area contributed by atoms with Crippen molar-refractivity contribution >= 4 is 21.4 Å². The lowest BCUT2D eigenvalue weighted by Gasteiger charge is -2.15. The summed E-state index contributed by atoms with van der Waals surface area (Å²) in [6.45, 7) is 1.73. The monoisotopic (exact) mass is 435 g/mol. The van der Waals surface area contributed by atoms with Crippen LogP contribution < -0.4 is 10.1 Å². The highest BCUT2D eigenvalue weighted by Gasteiger charge is 2.20. The van der Waals surface area contributed by atoms with Gasteiger partial charge in [0.05, 0.1) is 0 Å². The third-order valence-corrected chi connectivity index (χ3v) is 5.28. The first-order valence-corrected chi connectivity index (χ1v) is 10.5. The van der Waals surface area contributed by atoms with Crippen LogP contribution in [0.3, 0.4) is 0 Å². The number of rotatable bonds is 5. The molecule has 0 aliphatic carbocycles. The maximum Gasteiger partial charge on any atom is 0.255 e. The predicted molar refractivity (Wildman–Crippen MR) is 105 cm³/mol. The van der Waals surface area contributed by atoms with Crippen LogP contribution >= 0.6 is 0 Å². The summed E-state index contributed by atoms with van der Waals surface area (Å²) in [4.78, 5) is 11.9. The van der Waals surface area contributed by atoms with E-state index in [0.29, 0.717) is 17.4 Å². The van der Waals surface area contributed by atoms with E-state index in [1.807, 2.05) is 0 Å². The fraction of sp³-hybridized carbons (Fsp3) is 0.0952. The standard InChI is InChI=1S/C21H16F3NO4S/c1-12-5-3-4-6-17(12)29-18-11-14(22)10-16(24)20(18)25-21(26)13-7-8-15(23)19(9-13)30(2,27)28/h3-11H,1-2H3,(H,25,26). The van der Waals surface area contributed by atoms with Crippen LogP contribution in [0.2, 0.25) is 0 Å². The molecule has 0 fully saturated rings. The second-order valence-electron chi connectivity index (χ2n) is 6.50. The molecule has 0 aliphatic rings. The van der Waals surface area contributed by atoms with Crippen LogP contribution in [-0.4, -0.2) is 20.6 Å². The summed E-state index contributed by atoms with van der Waals surface area (Å²) >= 11 is 0. The number of nitrogens with one attached hydrogen (secondary N) is 1. The van der Waals surface area contributed by atoms with Crippen molar-refractivity contribution in [1.82, 2.24) is 0 Å². The van der Waals surface area contributed by atoms with Gasteiger partial charge in [-0.3, -0.25) is 4.79 Å². The number of aryl methyl sites for hydroxylation is 1. The molecule has 3 aromatic rings. The zero-order chi connectivity index (χ0) is 22.1. The molecule has 3 rings (SSSR count). The Bertz CT molecular complexity index is 1240. The number of para-hydroxylation sites is 1. The number of hydrogen-bond acceptors (Lipinski definition) is 4. The van der Waals surface area contributed by atoms with Crippen LogP contribution in [0.15, 0.2) is 59.5 Å². The van der Waals surface area contributed by atoms with Crippen molar-refractivity contribution in [2.24, 2.45) is 0 Å². The van der Waals surface area contributed by atoms with Gasteiger partial charge in [-0.2, -0.15) is 0 Å². The molecule has 3 aromatic carbocycles. The van der Waals surface area contributed by atoms with Crippen molar-refractivity contribution in [2.75, 3.05) is 11.6 Å². The maximum absolute atomic E-state index is 14.4. The van der Waals surface area contributed by atoms with Gasteiger partial charge >= 0.3 is 0 Å². The summed E-state index contributed by atoms with van der Waals surface area (Å²) in [5.74, 6) is -3.95. The number of amides is 1. The molecule has 0 heterocycles. The first kappa shape index (κ1) is 21.4. The first-order valence-electron chi connectivity index (χ1n) is 8.60. The summed E-state index contributed by atoms with van der Waals surface area (Å²) in [5, 5.41) is 2.24. The number of carbonyl (C=O) groups excluding carboxylic acids is 1. The summed E-state index contributed by atoms with van der Waals surface area (Å²) in [6, 6.07) is 10.9. The highest BCUT2D eigenvalue weighted by molar-refractivity contribution is 7.90. The van der Waals surface area contributed by atoms with Crippen molar-refractivity contribution in [3.8, 4) is 11.5 Å². The molecule has 156 valence electrons. The molecule has 30 heavy (non-hydrogen) atoms. The molecule has 0 bridgehead atoms. The highest BCUT2D eigenvalue weighted by atomic mass is 32.2. The largest absolute Gasteiger partial charge is 0.455 e. The van der Waals surface area contributed by atoms with Crippen molar-refractivity contribution in [2.45, 2.75) is 11.8 Å². The zero-order valence-electron chi connectivity index (χ0n) is 15.9. The minimum absolute atomic E-state index is 0.234. The molecule has 9 heteroatoms. The normalized spacial score (nSPS) is 11.2. The molecule has 0 saturated heterocycles. The Morgan fingerprint density at radius 2 is 1.63 bits per heavy atom. The molecule has 1 amide bonds. The molecule has 0 aliphatic heterocycles. The summed E-state index contributed by atoms with van der Waals surface area (Å²) in [6.07, 6.45) is 0.793. The van der Waals surface area contributed by atoms with Crippen LogP contribution in [0.25, 0.3) is 0 Å². The summed E-state index contributed by atoms with van der Waals surface area (Å²) in [5.41, 5.74) is 0.00745. The minimum Gasteiger partial charge on any atom is -0.455 e. The second kappa shape index (κ2) is 8.19. The van der Waals surface area contributed by atoms with Crippen LogP contribution in [0.5, 0.6) is 11.5 Å².